The smallest absolute Gasteiger partial charge is 0.102 e. The molecular weight excluding hydrogens is 240 g/mol. The number of aromatic nitrogens is 1. The summed E-state index contributed by atoms with van der Waals surface area (Å²) in [5.41, 5.74) is 2.43. The van der Waals surface area contributed by atoms with Crippen LogP contribution in [0.4, 0.5) is 0 Å². The number of thioether (sulfide) groups is 1. The molecule has 0 fully saturated rings. The van der Waals surface area contributed by atoms with Crippen molar-refractivity contribution >= 4 is 11.8 Å². The first-order valence-electron chi connectivity index (χ1n) is 5.81. The highest BCUT2D eigenvalue weighted by Crippen LogP contribution is 2.23. The zero-order valence-corrected chi connectivity index (χ0v) is 11.0. The molecule has 0 unspecified atom stereocenters. The molecule has 0 bridgehead atoms. The van der Waals surface area contributed by atoms with Gasteiger partial charge in [0.25, 0.3) is 0 Å². The largest absolute Gasteiger partial charge is 0.250 e. The third-order valence-corrected chi connectivity index (χ3v) is 3.63. The van der Waals surface area contributed by atoms with Gasteiger partial charge < -0.3 is 0 Å². The summed E-state index contributed by atoms with van der Waals surface area (Å²) in [6.07, 6.45) is 2.50. The number of pyridine rings is 1. The van der Waals surface area contributed by atoms with Crippen LogP contribution in [-0.2, 0) is 6.42 Å². The Hall–Kier alpha value is -1.79. The molecule has 1 heterocycles. The Morgan fingerprint density at radius 2 is 2.00 bits per heavy atom. The van der Waals surface area contributed by atoms with Gasteiger partial charge in [-0.3, -0.25) is 0 Å². The molecule has 0 spiro atoms. The summed E-state index contributed by atoms with van der Waals surface area (Å²) in [4.78, 5) is 4.23. The van der Waals surface area contributed by atoms with E-state index in [1.807, 2.05) is 18.2 Å². The van der Waals surface area contributed by atoms with Crippen LogP contribution in [0.2, 0.25) is 0 Å². The average molecular weight is 254 g/mol. The van der Waals surface area contributed by atoms with Crippen molar-refractivity contribution in [3.8, 4) is 6.07 Å². The Bertz CT molecular complexity index is 529. The van der Waals surface area contributed by atoms with Gasteiger partial charge in [-0.2, -0.15) is 5.26 Å². The highest BCUT2D eigenvalue weighted by molar-refractivity contribution is 8.00. The predicted molar refractivity (Wildman–Crippen MR) is 74.4 cm³/mol. The van der Waals surface area contributed by atoms with Crippen LogP contribution in [0.15, 0.2) is 53.7 Å². The summed E-state index contributed by atoms with van der Waals surface area (Å²) in [7, 11) is 0. The van der Waals surface area contributed by atoms with Crippen molar-refractivity contribution in [1.29, 1.82) is 5.26 Å². The van der Waals surface area contributed by atoms with Crippen molar-refractivity contribution in [2.45, 2.75) is 23.6 Å². The van der Waals surface area contributed by atoms with E-state index in [2.05, 4.69) is 42.2 Å². The Morgan fingerprint density at radius 1 is 1.22 bits per heavy atom. The fourth-order valence-electron chi connectivity index (χ4n) is 1.61. The van der Waals surface area contributed by atoms with E-state index in [1.54, 1.807) is 6.20 Å². The Morgan fingerprint density at radius 3 is 2.61 bits per heavy atom. The summed E-state index contributed by atoms with van der Waals surface area (Å²) in [6.45, 7) is 2.06. The molecular formula is C15H14N2S. The van der Waals surface area contributed by atoms with Gasteiger partial charge >= 0.3 is 0 Å². The number of hydrogen-bond donors (Lipinski definition) is 0. The second-order valence-corrected chi connectivity index (χ2v) is 5.32. The molecule has 0 aliphatic heterocycles. The zero-order valence-electron chi connectivity index (χ0n) is 10.2. The number of nitrogens with zero attached hydrogens (tertiary/aromatic N) is 2. The fourth-order valence-corrected chi connectivity index (χ4v) is 2.51. The normalized spacial score (nSPS) is 11.8. The summed E-state index contributed by atoms with van der Waals surface area (Å²) in [5.74, 6) is 0. The first kappa shape index (κ1) is 12.7. The standard InChI is InChI=1S/C15H14N2S/c1-12-5-7-13(8-6-12)10-14(11-16)18-15-4-2-3-9-17-15/h2-9,14H,10H2,1H3/t14-/m1/s1. The van der Waals surface area contributed by atoms with Gasteiger partial charge in [0, 0.05) is 6.20 Å². The quantitative estimate of drug-likeness (QED) is 0.782. The highest BCUT2D eigenvalue weighted by Gasteiger charge is 2.10. The van der Waals surface area contributed by atoms with E-state index in [1.165, 1.54) is 22.9 Å². The molecule has 2 aromatic rings. The maximum Gasteiger partial charge on any atom is 0.102 e. The zero-order chi connectivity index (χ0) is 12.8. The van der Waals surface area contributed by atoms with Crippen LogP contribution in [0.3, 0.4) is 0 Å². The molecule has 1 atom stereocenters. The molecule has 0 saturated heterocycles. The molecule has 2 rings (SSSR count). The summed E-state index contributed by atoms with van der Waals surface area (Å²) in [6, 6.07) is 16.4. The lowest BCUT2D eigenvalue weighted by atomic mass is 10.1. The second-order valence-electron chi connectivity index (χ2n) is 4.09. The molecule has 0 N–H and O–H groups in total. The summed E-state index contributed by atoms with van der Waals surface area (Å²) in [5, 5.41) is 10.0. The Balaban J connectivity index is 2.02. The second kappa shape index (κ2) is 6.23. The van der Waals surface area contributed by atoms with Crippen LogP contribution in [0, 0.1) is 18.3 Å². The van der Waals surface area contributed by atoms with Crippen molar-refractivity contribution in [2.24, 2.45) is 0 Å². The van der Waals surface area contributed by atoms with Gasteiger partial charge in [0.05, 0.1) is 11.1 Å². The molecule has 0 saturated carbocycles. The van der Waals surface area contributed by atoms with Gasteiger partial charge in [0.15, 0.2) is 0 Å². The minimum Gasteiger partial charge on any atom is -0.250 e. The lowest BCUT2D eigenvalue weighted by molar-refractivity contribution is 1.01. The monoisotopic (exact) mass is 254 g/mol. The Labute approximate surface area is 112 Å². The molecule has 0 aliphatic rings. The van der Waals surface area contributed by atoms with Gasteiger partial charge in [0.2, 0.25) is 0 Å². The summed E-state index contributed by atoms with van der Waals surface area (Å²) < 4.78 is 0. The molecule has 1 aromatic heterocycles. The maximum atomic E-state index is 9.20. The fraction of sp³-hybridized carbons (Fsp3) is 0.200. The molecule has 90 valence electrons. The molecule has 0 aliphatic carbocycles. The van der Waals surface area contributed by atoms with Crippen LogP contribution >= 0.6 is 11.8 Å². The van der Waals surface area contributed by atoms with Crippen molar-refractivity contribution in [1.82, 2.24) is 4.98 Å². The van der Waals surface area contributed by atoms with E-state index in [4.69, 9.17) is 0 Å². The molecule has 0 amide bonds. The number of benzene rings is 1. The Kier molecular flexibility index (Phi) is 4.38. The van der Waals surface area contributed by atoms with Crippen LogP contribution in [0.1, 0.15) is 11.1 Å². The number of rotatable bonds is 4. The van der Waals surface area contributed by atoms with Gasteiger partial charge in [-0.1, -0.05) is 47.7 Å². The van der Waals surface area contributed by atoms with Crippen LogP contribution in [0.25, 0.3) is 0 Å². The minimum absolute atomic E-state index is 0.0948. The van der Waals surface area contributed by atoms with Crippen molar-refractivity contribution in [3.05, 3.63) is 59.8 Å². The van der Waals surface area contributed by atoms with E-state index in [0.717, 1.165) is 11.4 Å². The third-order valence-electron chi connectivity index (χ3n) is 2.59. The van der Waals surface area contributed by atoms with Crippen molar-refractivity contribution in [2.75, 3.05) is 0 Å². The number of nitriles is 1. The highest BCUT2D eigenvalue weighted by atomic mass is 32.2. The van der Waals surface area contributed by atoms with Gasteiger partial charge in [0.1, 0.15) is 5.25 Å². The van der Waals surface area contributed by atoms with E-state index in [9.17, 15) is 5.26 Å². The number of aryl methyl sites for hydroxylation is 1. The lowest BCUT2D eigenvalue weighted by Gasteiger charge is -2.08. The van der Waals surface area contributed by atoms with Crippen LogP contribution in [-0.4, -0.2) is 10.2 Å². The third kappa shape index (κ3) is 3.61. The number of hydrogen-bond acceptors (Lipinski definition) is 3. The molecule has 1 aromatic carbocycles. The van der Waals surface area contributed by atoms with Crippen LogP contribution < -0.4 is 0 Å². The predicted octanol–water partition coefficient (Wildman–Crippen LogP) is 3.62. The van der Waals surface area contributed by atoms with Crippen LogP contribution in [0.5, 0.6) is 0 Å². The van der Waals surface area contributed by atoms with Crippen molar-refractivity contribution in [3.63, 3.8) is 0 Å². The topological polar surface area (TPSA) is 36.7 Å². The lowest BCUT2D eigenvalue weighted by Crippen LogP contribution is -2.04. The van der Waals surface area contributed by atoms with E-state index in [-0.39, 0.29) is 5.25 Å². The van der Waals surface area contributed by atoms with E-state index >= 15 is 0 Å². The van der Waals surface area contributed by atoms with Gasteiger partial charge in [-0.05, 0) is 31.0 Å². The van der Waals surface area contributed by atoms with E-state index < -0.39 is 0 Å². The van der Waals surface area contributed by atoms with Gasteiger partial charge in [-0.15, -0.1) is 0 Å². The minimum atomic E-state index is -0.0948. The summed E-state index contributed by atoms with van der Waals surface area (Å²) >= 11 is 1.52. The first-order valence-corrected chi connectivity index (χ1v) is 6.69. The van der Waals surface area contributed by atoms with E-state index in [0.29, 0.717) is 0 Å². The first-order chi connectivity index (χ1) is 8.78. The molecule has 3 heteroatoms. The molecule has 2 nitrogen and oxygen atoms in total. The SMILES string of the molecule is Cc1ccc(C[C@H](C#N)Sc2ccccn2)cc1. The molecule has 0 radical (unpaired) electrons. The maximum absolute atomic E-state index is 9.20. The van der Waals surface area contributed by atoms with Crippen molar-refractivity contribution < 1.29 is 0 Å². The molecule has 18 heavy (non-hydrogen) atoms. The van der Waals surface area contributed by atoms with Gasteiger partial charge in [-0.25, -0.2) is 4.98 Å². The average Bonchev–Trinajstić information content (AvgIpc) is 2.41.